The molecule has 0 bridgehead atoms. The first-order valence-corrected chi connectivity index (χ1v) is 33.2. The molecule has 92 heavy (non-hydrogen) atoms. The van der Waals surface area contributed by atoms with Gasteiger partial charge in [-0.15, -0.1) is 34.0 Å². The normalized spacial score (nSPS) is 11.0. The van der Waals surface area contributed by atoms with Gasteiger partial charge >= 0.3 is 0 Å². The van der Waals surface area contributed by atoms with E-state index in [0.717, 1.165) is 131 Å². The lowest BCUT2D eigenvalue weighted by molar-refractivity contribution is 0.103. The number of rotatable bonds is 24. The summed E-state index contributed by atoms with van der Waals surface area (Å²) < 4.78 is 20.0. The van der Waals surface area contributed by atoms with Gasteiger partial charge in [0.05, 0.1) is 14.6 Å². The van der Waals surface area contributed by atoms with Crippen LogP contribution in [0.1, 0.15) is 77.6 Å². The summed E-state index contributed by atoms with van der Waals surface area (Å²) in [5, 5.41) is 42.4. The smallest absolute Gasteiger partial charge is 0.203 e. The molecule has 12 aromatic rings. The maximum atomic E-state index is 13.5. The average Bonchev–Trinajstić information content (AvgIpc) is 1.64. The molecule has 0 fully saturated rings. The number of fused-ring (bicyclic) bond motifs is 3. The molecule has 468 valence electrons. The molecule has 3 aromatic heterocycles. The van der Waals surface area contributed by atoms with Crippen LogP contribution in [0.15, 0.2) is 206 Å². The summed E-state index contributed by atoms with van der Waals surface area (Å²) in [5.41, 5.74) is 9.60. The molecule has 0 atom stereocenters. The minimum Gasteiger partial charge on any atom is -0.508 e. The van der Waals surface area contributed by atoms with Gasteiger partial charge in [0.2, 0.25) is 17.3 Å². The summed E-state index contributed by atoms with van der Waals surface area (Å²) in [6.45, 7) is 17.1. The summed E-state index contributed by atoms with van der Waals surface area (Å²) in [6.07, 6.45) is 0. The summed E-state index contributed by atoms with van der Waals surface area (Å²) in [6, 6.07) is 63.9. The minimum absolute atomic E-state index is 0.000226. The Bertz CT molecular complexity index is 4460. The number of carbonyl (C=O) groups excluding carboxylic acids is 3. The Labute approximate surface area is 548 Å². The van der Waals surface area contributed by atoms with Crippen molar-refractivity contribution >= 4 is 81.6 Å². The number of nitrogens with one attached hydrogen (secondary N) is 3. The highest BCUT2D eigenvalue weighted by Gasteiger charge is 2.25. The highest BCUT2D eigenvalue weighted by Crippen LogP contribution is 2.45. The van der Waals surface area contributed by atoms with Gasteiger partial charge in [0.1, 0.15) is 54.3 Å². The van der Waals surface area contributed by atoms with Gasteiger partial charge in [-0.3, -0.25) is 14.4 Å². The Balaban J connectivity index is 0.000000151. The van der Waals surface area contributed by atoms with Gasteiger partial charge in [-0.2, -0.15) is 0 Å². The number of thiophene rings is 3. The van der Waals surface area contributed by atoms with Gasteiger partial charge in [0.25, 0.3) is 0 Å². The number of hydrogen-bond acceptors (Lipinski definition) is 15. The molecule has 12 nitrogen and oxygen atoms in total. The van der Waals surface area contributed by atoms with Crippen molar-refractivity contribution in [2.75, 3.05) is 59.1 Å². The molecule has 9 aromatic carbocycles. The fourth-order valence-corrected chi connectivity index (χ4v) is 14.2. The first-order chi connectivity index (χ1) is 44.8. The highest BCUT2D eigenvalue weighted by atomic mass is 32.1. The second-order valence-electron chi connectivity index (χ2n) is 21.7. The fraction of sp³-hybridized carbons (Fsp3) is 0.182. The third-order valence-electron chi connectivity index (χ3n) is 15.2. The number of phenolic OH excluding ortho intramolecular Hbond substituents is 3. The van der Waals surface area contributed by atoms with Crippen LogP contribution in [0, 0.1) is 13.8 Å². The van der Waals surface area contributed by atoms with Gasteiger partial charge in [-0.1, -0.05) is 142 Å². The molecule has 0 radical (unpaired) electrons. The van der Waals surface area contributed by atoms with Crippen LogP contribution in [0.5, 0.6) is 34.5 Å². The maximum absolute atomic E-state index is 13.5. The van der Waals surface area contributed by atoms with E-state index in [0.29, 0.717) is 51.1 Å². The third kappa shape index (κ3) is 16.0. The number of phenols is 3. The van der Waals surface area contributed by atoms with Crippen LogP contribution in [-0.4, -0.2) is 91.8 Å². The number of ether oxygens (including phenoxy) is 3. The van der Waals surface area contributed by atoms with E-state index in [1.54, 1.807) is 36.4 Å². The van der Waals surface area contributed by atoms with Gasteiger partial charge in [0.15, 0.2) is 0 Å². The van der Waals surface area contributed by atoms with Gasteiger partial charge < -0.3 is 45.5 Å². The number of benzene rings is 9. The van der Waals surface area contributed by atoms with Crippen molar-refractivity contribution in [3.63, 3.8) is 0 Å². The molecule has 15 heteroatoms. The third-order valence-corrected chi connectivity index (χ3v) is 18.7. The zero-order valence-electron chi connectivity index (χ0n) is 52.0. The van der Waals surface area contributed by atoms with Crippen LogP contribution in [0.4, 0.5) is 0 Å². The van der Waals surface area contributed by atoms with Crippen molar-refractivity contribution in [2.45, 2.75) is 34.6 Å². The largest absolute Gasteiger partial charge is 0.508 e. The highest BCUT2D eigenvalue weighted by molar-refractivity contribution is 7.22. The topological polar surface area (TPSA) is 176 Å². The predicted octanol–water partition coefficient (Wildman–Crippen LogP) is 17.1. The van der Waals surface area contributed by atoms with E-state index in [-0.39, 0.29) is 34.6 Å². The van der Waals surface area contributed by atoms with E-state index in [1.165, 1.54) is 34.0 Å². The number of likely N-dealkylation sites (N-methyl/N-ethyl adjacent to an activating group) is 3. The second-order valence-corrected chi connectivity index (χ2v) is 24.8. The molecule has 0 aliphatic rings. The van der Waals surface area contributed by atoms with E-state index in [9.17, 15) is 29.7 Å². The van der Waals surface area contributed by atoms with Crippen molar-refractivity contribution in [3.8, 4) is 67.9 Å². The van der Waals surface area contributed by atoms with E-state index >= 15 is 0 Å². The van der Waals surface area contributed by atoms with Gasteiger partial charge in [0, 0.05) is 83.3 Å². The molecule has 0 amide bonds. The van der Waals surface area contributed by atoms with E-state index < -0.39 is 0 Å². The van der Waals surface area contributed by atoms with Crippen molar-refractivity contribution in [3.05, 3.63) is 249 Å². The quantitative estimate of drug-likeness (QED) is 0.0250. The minimum atomic E-state index is -0.0164. The molecule has 0 spiro atoms. The first kappa shape index (κ1) is 65.5. The lowest BCUT2D eigenvalue weighted by atomic mass is 9.96. The molecule has 0 unspecified atom stereocenters. The Morgan fingerprint density at radius 2 is 0.717 bits per heavy atom. The van der Waals surface area contributed by atoms with Crippen LogP contribution >= 0.6 is 34.0 Å². The van der Waals surface area contributed by atoms with Crippen molar-refractivity contribution < 1.29 is 43.9 Å². The molecule has 12 rings (SSSR count). The number of ketones is 3. The van der Waals surface area contributed by atoms with E-state index in [2.05, 4.69) is 36.7 Å². The standard InChI is InChI=1S/2C26H25NO3S.C25H23NO3S/c1-3-27-14-15-30-21-11-8-18(9-12-21)24-22-13-10-20(28)16-23(22)31-26(24)25(29)19-6-4-17(2)5-7-19;1-3-27-14-15-30-20-11-8-18(9-12-20)24-22-13-10-19(28)16-23(22)31-26(24)25(29)21-7-5-4-6-17(21)2;1-2-26-14-15-29-20-11-8-17(9-12-20)23-21-13-10-19(27)16-22(21)30-25(23)24(28)18-6-4-3-5-7-18/h2*4-13,16,27-28H,3,14-15H2,1-2H3;3-13,16,26-27H,2,14-15H2,1H3. The SMILES string of the molecule is CCNCCOc1ccc(-c2c(C(=O)c3ccc(C)cc3)sc3cc(O)ccc23)cc1.CCNCCOc1ccc(-c2c(C(=O)c3ccccc3)sc3cc(O)ccc23)cc1.CCNCCOc1ccc(-c2c(C(=O)c3ccccc3C)sc3cc(O)ccc23)cc1. The summed E-state index contributed by atoms with van der Waals surface area (Å²) in [4.78, 5) is 42.2. The van der Waals surface area contributed by atoms with Gasteiger partial charge in [-0.05, 0) is 147 Å². The summed E-state index contributed by atoms with van der Waals surface area (Å²) in [7, 11) is 0. The monoisotopic (exact) mass is 1280 g/mol. The zero-order valence-corrected chi connectivity index (χ0v) is 54.5. The molecule has 0 aliphatic heterocycles. The maximum Gasteiger partial charge on any atom is 0.203 e. The molecular weight excluding hydrogens is 1210 g/mol. The fourth-order valence-electron chi connectivity index (χ4n) is 10.5. The number of aromatic hydroxyl groups is 3. The summed E-state index contributed by atoms with van der Waals surface area (Å²) in [5.74, 6) is 2.94. The lowest BCUT2D eigenvalue weighted by Gasteiger charge is -2.09. The van der Waals surface area contributed by atoms with Gasteiger partial charge in [-0.25, -0.2) is 0 Å². The van der Waals surface area contributed by atoms with Crippen molar-refractivity contribution in [1.82, 2.24) is 16.0 Å². The molecule has 3 heterocycles. The first-order valence-electron chi connectivity index (χ1n) is 30.7. The van der Waals surface area contributed by atoms with Crippen LogP contribution in [0.2, 0.25) is 0 Å². The molecule has 0 aliphatic carbocycles. The Morgan fingerprint density at radius 1 is 0.380 bits per heavy atom. The van der Waals surface area contributed by atoms with E-state index in [1.807, 2.05) is 184 Å². The van der Waals surface area contributed by atoms with Crippen LogP contribution < -0.4 is 30.2 Å². The molecular formula is C77H73N3O9S3. The Morgan fingerprint density at radius 3 is 1.08 bits per heavy atom. The van der Waals surface area contributed by atoms with Crippen molar-refractivity contribution in [1.29, 1.82) is 0 Å². The van der Waals surface area contributed by atoms with Crippen LogP contribution in [-0.2, 0) is 0 Å². The van der Waals surface area contributed by atoms with Crippen LogP contribution in [0.25, 0.3) is 63.6 Å². The zero-order chi connectivity index (χ0) is 64.5. The second kappa shape index (κ2) is 31.5. The predicted molar refractivity (Wildman–Crippen MR) is 378 cm³/mol. The molecule has 0 saturated heterocycles. The average molecular weight is 1280 g/mol. The van der Waals surface area contributed by atoms with Crippen molar-refractivity contribution in [2.24, 2.45) is 0 Å². The summed E-state index contributed by atoms with van der Waals surface area (Å²) >= 11 is 4.24. The van der Waals surface area contributed by atoms with E-state index in [4.69, 9.17) is 14.2 Å². The number of hydrogen-bond donors (Lipinski definition) is 6. The molecule has 6 N–H and O–H groups in total. The van der Waals surface area contributed by atoms with Crippen LogP contribution in [0.3, 0.4) is 0 Å². The molecule has 0 saturated carbocycles. The number of aryl methyl sites for hydroxylation is 2. The lowest BCUT2D eigenvalue weighted by Crippen LogP contribution is -2.20. The Hall–Kier alpha value is -9.45. The Kier molecular flexibility index (Phi) is 22.4. The number of carbonyl (C=O) groups is 3.